The fraction of sp³-hybridized carbons (Fsp3) is 0.545. The highest BCUT2D eigenvalue weighted by Gasteiger charge is 2.18. The van der Waals surface area contributed by atoms with Gasteiger partial charge in [-0.05, 0) is 13.1 Å². The average Bonchev–Trinajstić information content (AvgIpc) is 2.33. The van der Waals surface area contributed by atoms with Gasteiger partial charge in [-0.2, -0.15) is 0 Å². The Morgan fingerprint density at radius 1 is 1.50 bits per heavy atom. The molecule has 88 valence electrons. The van der Waals surface area contributed by atoms with Crippen molar-refractivity contribution in [2.75, 3.05) is 38.3 Å². The van der Waals surface area contributed by atoms with Crippen LogP contribution in [0.5, 0.6) is 0 Å². The highest BCUT2D eigenvalue weighted by molar-refractivity contribution is 5.43. The zero-order valence-electron chi connectivity index (χ0n) is 9.37. The molecule has 0 saturated carbocycles. The summed E-state index contributed by atoms with van der Waals surface area (Å²) >= 11 is 0. The molecular formula is C11H16FN3O. The molecule has 0 radical (unpaired) electrons. The molecule has 0 atom stereocenters. The molecule has 0 spiro atoms. The van der Waals surface area contributed by atoms with Gasteiger partial charge in [0.15, 0.2) is 11.6 Å². The minimum atomic E-state index is -0.223. The summed E-state index contributed by atoms with van der Waals surface area (Å²) < 4.78 is 19.3. The Labute approximate surface area is 94.4 Å². The number of hydrogen-bond acceptors (Lipinski definition) is 4. The van der Waals surface area contributed by atoms with Gasteiger partial charge in [-0.25, -0.2) is 9.37 Å². The summed E-state index contributed by atoms with van der Waals surface area (Å²) in [7, 11) is 1.80. The Morgan fingerprint density at radius 3 is 2.94 bits per heavy atom. The van der Waals surface area contributed by atoms with Crippen LogP contribution in [0.1, 0.15) is 5.56 Å². The van der Waals surface area contributed by atoms with Crippen LogP contribution < -0.4 is 10.2 Å². The number of anilines is 1. The Hall–Kier alpha value is -1.20. The minimum Gasteiger partial charge on any atom is -0.378 e. The van der Waals surface area contributed by atoms with E-state index in [1.165, 1.54) is 0 Å². The lowest BCUT2D eigenvalue weighted by Crippen LogP contribution is -2.37. The standard InChI is InChI=1S/C11H16FN3O/c1-13-8-9-2-3-14-11(10(9)12)15-4-6-16-7-5-15/h2-3,13H,4-8H2,1H3. The molecule has 0 amide bonds. The Morgan fingerprint density at radius 2 is 2.25 bits per heavy atom. The summed E-state index contributed by atoms with van der Waals surface area (Å²) in [5.41, 5.74) is 0.652. The molecule has 1 N–H and O–H groups in total. The van der Waals surface area contributed by atoms with Gasteiger partial charge in [0.05, 0.1) is 13.2 Å². The number of nitrogens with one attached hydrogen (secondary N) is 1. The first-order valence-electron chi connectivity index (χ1n) is 5.43. The van der Waals surface area contributed by atoms with Crippen LogP contribution >= 0.6 is 0 Å². The summed E-state index contributed by atoms with van der Waals surface area (Å²) in [4.78, 5) is 6.04. The van der Waals surface area contributed by atoms with Crippen molar-refractivity contribution in [2.24, 2.45) is 0 Å². The van der Waals surface area contributed by atoms with E-state index in [1.54, 1.807) is 19.3 Å². The molecule has 1 aliphatic rings. The van der Waals surface area contributed by atoms with Gasteiger partial charge in [-0.15, -0.1) is 0 Å². The molecule has 4 nitrogen and oxygen atoms in total. The Bertz CT molecular complexity index is 353. The monoisotopic (exact) mass is 225 g/mol. The lowest BCUT2D eigenvalue weighted by atomic mass is 10.2. The van der Waals surface area contributed by atoms with Gasteiger partial charge < -0.3 is 15.0 Å². The highest BCUT2D eigenvalue weighted by atomic mass is 19.1. The van der Waals surface area contributed by atoms with Crippen LogP contribution in [-0.4, -0.2) is 38.3 Å². The van der Waals surface area contributed by atoms with E-state index in [4.69, 9.17) is 4.74 Å². The molecule has 16 heavy (non-hydrogen) atoms. The first-order chi connectivity index (χ1) is 7.83. The van der Waals surface area contributed by atoms with Gasteiger partial charge in [0.25, 0.3) is 0 Å². The number of morpholine rings is 1. The first-order valence-corrected chi connectivity index (χ1v) is 5.43. The van der Waals surface area contributed by atoms with E-state index in [-0.39, 0.29) is 5.82 Å². The molecule has 0 aromatic carbocycles. The van der Waals surface area contributed by atoms with Crippen molar-refractivity contribution in [1.29, 1.82) is 0 Å². The molecule has 1 aromatic heterocycles. The number of pyridine rings is 1. The van der Waals surface area contributed by atoms with E-state index in [9.17, 15) is 4.39 Å². The van der Waals surface area contributed by atoms with Crippen LogP contribution in [0.4, 0.5) is 10.2 Å². The van der Waals surface area contributed by atoms with E-state index >= 15 is 0 Å². The maximum Gasteiger partial charge on any atom is 0.170 e. The van der Waals surface area contributed by atoms with Gasteiger partial charge in [0, 0.05) is 31.4 Å². The quantitative estimate of drug-likeness (QED) is 0.824. The summed E-state index contributed by atoms with van der Waals surface area (Å²) in [6, 6.07) is 1.70. The van der Waals surface area contributed by atoms with Gasteiger partial charge in [-0.1, -0.05) is 0 Å². The molecule has 1 aromatic rings. The third-order valence-corrected chi connectivity index (χ3v) is 2.63. The third-order valence-electron chi connectivity index (χ3n) is 2.63. The molecule has 1 fully saturated rings. The van der Waals surface area contributed by atoms with Crippen LogP contribution in [0.2, 0.25) is 0 Å². The van der Waals surface area contributed by atoms with E-state index in [0.29, 0.717) is 44.2 Å². The Balaban J connectivity index is 2.22. The fourth-order valence-corrected chi connectivity index (χ4v) is 1.79. The van der Waals surface area contributed by atoms with E-state index in [0.717, 1.165) is 0 Å². The molecule has 1 saturated heterocycles. The van der Waals surface area contributed by atoms with Crippen LogP contribution in [0.3, 0.4) is 0 Å². The molecule has 2 rings (SSSR count). The van der Waals surface area contributed by atoms with Crippen molar-refractivity contribution in [2.45, 2.75) is 6.54 Å². The first kappa shape index (κ1) is 11.3. The fourth-order valence-electron chi connectivity index (χ4n) is 1.79. The lowest BCUT2D eigenvalue weighted by Gasteiger charge is -2.28. The molecular weight excluding hydrogens is 209 g/mol. The van der Waals surface area contributed by atoms with Crippen molar-refractivity contribution >= 4 is 5.82 Å². The van der Waals surface area contributed by atoms with E-state index in [1.807, 2.05) is 4.90 Å². The highest BCUT2D eigenvalue weighted by Crippen LogP contribution is 2.20. The second-order valence-electron chi connectivity index (χ2n) is 3.74. The van der Waals surface area contributed by atoms with Gasteiger partial charge in [-0.3, -0.25) is 0 Å². The molecule has 1 aliphatic heterocycles. The molecule has 0 aliphatic carbocycles. The number of ether oxygens (including phenoxy) is 1. The molecule has 0 unspecified atom stereocenters. The molecule has 0 bridgehead atoms. The Kier molecular flexibility index (Phi) is 3.69. The predicted octanol–water partition coefficient (Wildman–Crippen LogP) is 0.777. The summed E-state index contributed by atoms with van der Waals surface area (Å²) in [6.07, 6.45) is 1.65. The lowest BCUT2D eigenvalue weighted by molar-refractivity contribution is 0.122. The van der Waals surface area contributed by atoms with Crippen molar-refractivity contribution in [3.05, 3.63) is 23.6 Å². The maximum absolute atomic E-state index is 14.1. The summed E-state index contributed by atoms with van der Waals surface area (Å²) in [6.45, 7) is 3.19. The van der Waals surface area contributed by atoms with Gasteiger partial charge in [0.1, 0.15) is 0 Å². The summed E-state index contributed by atoms with van der Waals surface area (Å²) in [5.74, 6) is 0.217. The summed E-state index contributed by atoms with van der Waals surface area (Å²) in [5, 5.41) is 2.94. The zero-order chi connectivity index (χ0) is 11.4. The van der Waals surface area contributed by atoms with Crippen LogP contribution in [0.15, 0.2) is 12.3 Å². The SMILES string of the molecule is CNCc1ccnc(N2CCOCC2)c1F. The normalized spacial score (nSPS) is 16.5. The number of nitrogens with zero attached hydrogens (tertiary/aromatic N) is 2. The number of rotatable bonds is 3. The number of hydrogen-bond donors (Lipinski definition) is 1. The molecule has 5 heteroatoms. The van der Waals surface area contributed by atoms with Gasteiger partial charge in [0.2, 0.25) is 0 Å². The topological polar surface area (TPSA) is 37.4 Å². The smallest absolute Gasteiger partial charge is 0.170 e. The van der Waals surface area contributed by atoms with Crippen LogP contribution in [-0.2, 0) is 11.3 Å². The average molecular weight is 225 g/mol. The van der Waals surface area contributed by atoms with Gasteiger partial charge >= 0.3 is 0 Å². The van der Waals surface area contributed by atoms with Crippen LogP contribution in [0, 0.1) is 5.82 Å². The maximum atomic E-state index is 14.1. The van der Waals surface area contributed by atoms with Crippen molar-refractivity contribution in [1.82, 2.24) is 10.3 Å². The third kappa shape index (κ3) is 2.31. The second-order valence-corrected chi connectivity index (χ2v) is 3.74. The largest absolute Gasteiger partial charge is 0.378 e. The van der Waals surface area contributed by atoms with E-state index < -0.39 is 0 Å². The van der Waals surface area contributed by atoms with E-state index in [2.05, 4.69) is 10.3 Å². The van der Waals surface area contributed by atoms with Crippen molar-refractivity contribution in [3.63, 3.8) is 0 Å². The zero-order valence-corrected chi connectivity index (χ0v) is 9.37. The van der Waals surface area contributed by atoms with Crippen LogP contribution in [0.25, 0.3) is 0 Å². The predicted molar refractivity (Wildman–Crippen MR) is 60.0 cm³/mol. The minimum absolute atomic E-state index is 0.223. The second kappa shape index (κ2) is 5.23. The number of halogens is 1. The van der Waals surface area contributed by atoms with Crippen molar-refractivity contribution in [3.8, 4) is 0 Å². The molecule has 2 heterocycles. The van der Waals surface area contributed by atoms with Crippen molar-refractivity contribution < 1.29 is 9.13 Å². The number of aromatic nitrogens is 1.